The highest BCUT2D eigenvalue weighted by molar-refractivity contribution is 5.72. The summed E-state index contributed by atoms with van der Waals surface area (Å²) in [6.45, 7) is 12.6. The molecule has 0 saturated carbocycles. The van der Waals surface area contributed by atoms with Crippen LogP contribution in [0.25, 0.3) is 11.1 Å². The fraction of sp³-hybridized carbons (Fsp3) is 0.217. The van der Waals surface area contributed by atoms with Gasteiger partial charge in [-0.1, -0.05) is 54.6 Å². The molecule has 0 amide bonds. The van der Waals surface area contributed by atoms with Crippen LogP contribution in [0, 0.1) is 13.8 Å². The van der Waals surface area contributed by atoms with Crippen LogP contribution in [0.4, 0.5) is 5.69 Å². The lowest BCUT2D eigenvalue weighted by atomic mass is 9.99. The van der Waals surface area contributed by atoms with Gasteiger partial charge in [-0.15, -0.1) is 13.2 Å². The van der Waals surface area contributed by atoms with Gasteiger partial charge in [0.2, 0.25) is 0 Å². The number of rotatable bonds is 9. The summed E-state index contributed by atoms with van der Waals surface area (Å²) in [7, 11) is 0. The Kier molecular flexibility index (Phi) is 7.24. The Labute approximate surface area is 152 Å². The van der Waals surface area contributed by atoms with Crippen LogP contribution in [-0.4, -0.2) is 12.6 Å². The van der Waals surface area contributed by atoms with E-state index in [0.29, 0.717) is 0 Å². The maximum absolute atomic E-state index is 3.82. The summed E-state index contributed by atoms with van der Waals surface area (Å²) in [5, 5.41) is 6.83. The SMILES string of the molecule is C=CCNC(/C=C/Nc1cc(-c2ccccc2C)ccc1C)CC=C. The van der Waals surface area contributed by atoms with Crippen molar-refractivity contribution in [3.05, 3.63) is 91.2 Å². The molecular formula is C23H28N2. The monoisotopic (exact) mass is 332 g/mol. The highest BCUT2D eigenvalue weighted by Crippen LogP contribution is 2.27. The van der Waals surface area contributed by atoms with E-state index < -0.39 is 0 Å². The zero-order valence-corrected chi connectivity index (χ0v) is 15.3. The summed E-state index contributed by atoms with van der Waals surface area (Å²) in [5.41, 5.74) is 6.13. The molecular weight excluding hydrogens is 304 g/mol. The zero-order valence-electron chi connectivity index (χ0n) is 15.3. The van der Waals surface area contributed by atoms with Crippen molar-refractivity contribution in [3.8, 4) is 11.1 Å². The van der Waals surface area contributed by atoms with E-state index >= 15 is 0 Å². The molecule has 1 atom stereocenters. The predicted molar refractivity (Wildman–Crippen MR) is 111 cm³/mol. The third kappa shape index (κ3) is 5.47. The Hall–Kier alpha value is -2.58. The molecule has 0 radical (unpaired) electrons. The number of nitrogens with one attached hydrogen (secondary N) is 2. The molecule has 0 aliphatic carbocycles. The lowest BCUT2D eigenvalue weighted by molar-refractivity contribution is 0.642. The van der Waals surface area contributed by atoms with Gasteiger partial charge < -0.3 is 10.6 Å². The molecule has 0 aliphatic rings. The van der Waals surface area contributed by atoms with E-state index in [4.69, 9.17) is 0 Å². The van der Waals surface area contributed by atoms with E-state index in [1.807, 2.05) is 18.4 Å². The van der Waals surface area contributed by atoms with E-state index in [-0.39, 0.29) is 6.04 Å². The van der Waals surface area contributed by atoms with Gasteiger partial charge in [0, 0.05) is 18.3 Å². The Bertz CT molecular complexity index is 744. The third-order valence-electron chi connectivity index (χ3n) is 4.21. The first-order valence-electron chi connectivity index (χ1n) is 8.70. The lowest BCUT2D eigenvalue weighted by Gasteiger charge is -2.13. The van der Waals surface area contributed by atoms with Crippen LogP contribution in [0.2, 0.25) is 0 Å². The molecule has 0 spiro atoms. The van der Waals surface area contributed by atoms with Crippen molar-refractivity contribution in [1.82, 2.24) is 5.32 Å². The van der Waals surface area contributed by atoms with E-state index in [0.717, 1.165) is 18.7 Å². The van der Waals surface area contributed by atoms with Gasteiger partial charge in [0.15, 0.2) is 0 Å². The quantitative estimate of drug-likeness (QED) is 0.583. The molecule has 2 N–H and O–H groups in total. The van der Waals surface area contributed by atoms with Gasteiger partial charge in [-0.05, 0) is 54.8 Å². The second-order valence-electron chi connectivity index (χ2n) is 6.18. The summed E-state index contributed by atoms with van der Waals surface area (Å²) < 4.78 is 0. The second-order valence-corrected chi connectivity index (χ2v) is 6.18. The van der Waals surface area contributed by atoms with E-state index in [1.54, 1.807) is 0 Å². The Morgan fingerprint density at radius 3 is 2.52 bits per heavy atom. The zero-order chi connectivity index (χ0) is 18.1. The van der Waals surface area contributed by atoms with E-state index in [2.05, 4.69) is 86.2 Å². The first kappa shape index (κ1) is 18.8. The second kappa shape index (κ2) is 9.65. The molecule has 2 aromatic carbocycles. The van der Waals surface area contributed by atoms with Gasteiger partial charge in [0.25, 0.3) is 0 Å². The fourth-order valence-corrected chi connectivity index (χ4v) is 2.74. The van der Waals surface area contributed by atoms with Crippen molar-refractivity contribution < 1.29 is 0 Å². The predicted octanol–water partition coefficient (Wildman–Crippen LogP) is 5.62. The van der Waals surface area contributed by atoms with Crippen molar-refractivity contribution in [2.75, 3.05) is 11.9 Å². The molecule has 0 aliphatic heterocycles. The number of hydrogen-bond donors (Lipinski definition) is 2. The first-order chi connectivity index (χ1) is 12.2. The van der Waals surface area contributed by atoms with Crippen molar-refractivity contribution in [2.45, 2.75) is 26.3 Å². The van der Waals surface area contributed by atoms with Gasteiger partial charge in [0.1, 0.15) is 0 Å². The minimum Gasteiger partial charge on any atom is -0.362 e. The van der Waals surface area contributed by atoms with Crippen molar-refractivity contribution in [2.24, 2.45) is 0 Å². The van der Waals surface area contributed by atoms with Gasteiger partial charge in [-0.3, -0.25) is 0 Å². The molecule has 2 heteroatoms. The van der Waals surface area contributed by atoms with Crippen LogP contribution in [0.1, 0.15) is 17.5 Å². The minimum atomic E-state index is 0.253. The Balaban J connectivity index is 2.15. The highest BCUT2D eigenvalue weighted by Gasteiger charge is 2.04. The van der Waals surface area contributed by atoms with Crippen LogP contribution in [0.15, 0.2) is 80.1 Å². The number of aryl methyl sites for hydroxylation is 2. The molecule has 0 saturated heterocycles. The summed E-state index contributed by atoms with van der Waals surface area (Å²) in [6, 6.07) is 15.3. The maximum Gasteiger partial charge on any atom is 0.0415 e. The molecule has 0 heterocycles. The average molecular weight is 332 g/mol. The molecule has 2 nitrogen and oxygen atoms in total. The summed E-state index contributed by atoms with van der Waals surface area (Å²) in [4.78, 5) is 0. The van der Waals surface area contributed by atoms with Crippen LogP contribution in [0.5, 0.6) is 0 Å². The standard InChI is InChI=1S/C23H28N2/c1-5-9-21(24-15-6-2)14-16-25-23-17-20(13-12-19(23)4)22-11-8-7-10-18(22)3/h5-8,10-14,16-17,21,24-25H,1-2,9,15H2,3-4H3/b16-14+. The van der Waals surface area contributed by atoms with Crippen LogP contribution in [-0.2, 0) is 0 Å². The van der Waals surface area contributed by atoms with Gasteiger partial charge in [-0.25, -0.2) is 0 Å². The summed E-state index contributed by atoms with van der Waals surface area (Å²) in [5.74, 6) is 0. The number of anilines is 1. The third-order valence-corrected chi connectivity index (χ3v) is 4.21. The highest BCUT2D eigenvalue weighted by atomic mass is 14.9. The summed E-state index contributed by atoms with van der Waals surface area (Å²) >= 11 is 0. The van der Waals surface area contributed by atoms with Crippen molar-refractivity contribution in [3.63, 3.8) is 0 Å². The Morgan fingerprint density at radius 2 is 1.80 bits per heavy atom. The van der Waals surface area contributed by atoms with Gasteiger partial charge >= 0.3 is 0 Å². The van der Waals surface area contributed by atoms with E-state index in [9.17, 15) is 0 Å². The molecule has 0 bridgehead atoms. The number of hydrogen-bond acceptors (Lipinski definition) is 2. The number of benzene rings is 2. The summed E-state index contributed by atoms with van der Waals surface area (Å²) in [6.07, 6.45) is 8.82. The molecule has 1 unspecified atom stereocenters. The largest absolute Gasteiger partial charge is 0.362 e. The maximum atomic E-state index is 3.82. The molecule has 0 fully saturated rings. The Morgan fingerprint density at radius 1 is 1.00 bits per heavy atom. The van der Waals surface area contributed by atoms with Crippen LogP contribution >= 0.6 is 0 Å². The lowest BCUT2D eigenvalue weighted by Crippen LogP contribution is -2.26. The smallest absolute Gasteiger partial charge is 0.0415 e. The normalized spacial score (nSPS) is 12.1. The molecule has 0 aromatic heterocycles. The minimum absolute atomic E-state index is 0.253. The topological polar surface area (TPSA) is 24.1 Å². The fourth-order valence-electron chi connectivity index (χ4n) is 2.74. The van der Waals surface area contributed by atoms with Crippen molar-refractivity contribution >= 4 is 5.69 Å². The van der Waals surface area contributed by atoms with E-state index in [1.165, 1.54) is 22.3 Å². The molecule has 130 valence electrons. The molecule has 2 rings (SSSR count). The van der Waals surface area contributed by atoms with Gasteiger partial charge in [-0.2, -0.15) is 0 Å². The molecule has 2 aromatic rings. The van der Waals surface area contributed by atoms with Crippen LogP contribution in [0.3, 0.4) is 0 Å². The first-order valence-corrected chi connectivity index (χ1v) is 8.70. The molecule has 25 heavy (non-hydrogen) atoms. The van der Waals surface area contributed by atoms with Gasteiger partial charge in [0.05, 0.1) is 0 Å². The average Bonchev–Trinajstić information content (AvgIpc) is 2.62. The van der Waals surface area contributed by atoms with Crippen molar-refractivity contribution in [1.29, 1.82) is 0 Å². The van der Waals surface area contributed by atoms with Crippen LogP contribution < -0.4 is 10.6 Å².